The van der Waals surface area contributed by atoms with Gasteiger partial charge in [-0.15, -0.1) is 0 Å². The number of carbonyl (C=O) groups excluding carboxylic acids is 1. The maximum absolute atomic E-state index is 12.3. The third-order valence-corrected chi connectivity index (χ3v) is 4.99. The molecule has 0 aliphatic carbocycles. The number of ketones is 1. The second-order valence-corrected chi connectivity index (χ2v) is 6.70. The number of nitrogens with one attached hydrogen (secondary N) is 1. The zero-order valence-corrected chi connectivity index (χ0v) is 16.0. The number of nitrogens with zero attached hydrogens (tertiary/aromatic N) is 1. The van der Waals surface area contributed by atoms with Crippen molar-refractivity contribution < 1.29 is 9.53 Å². The summed E-state index contributed by atoms with van der Waals surface area (Å²) in [7, 11) is 1.86. The molecule has 0 radical (unpaired) electrons. The Hall–Kier alpha value is -2.66. The Morgan fingerprint density at radius 2 is 1.81 bits per heavy atom. The van der Waals surface area contributed by atoms with Crippen molar-refractivity contribution >= 4 is 23.1 Å². The van der Waals surface area contributed by atoms with Crippen LogP contribution in [-0.4, -0.2) is 22.8 Å². The summed E-state index contributed by atoms with van der Waals surface area (Å²) in [6.07, 6.45) is 0. The zero-order valence-electron chi connectivity index (χ0n) is 15.2. The molecule has 2 aromatic carbocycles. The second-order valence-electron chi connectivity index (χ2n) is 6.31. The van der Waals surface area contributed by atoms with Crippen molar-refractivity contribution in [2.24, 2.45) is 0 Å². The Labute approximate surface area is 159 Å². The van der Waals surface area contributed by atoms with Crippen molar-refractivity contribution in [2.75, 3.05) is 7.05 Å². The van der Waals surface area contributed by atoms with Gasteiger partial charge in [0.05, 0.1) is 6.04 Å². The van der Waals surface area contributed by atoms with E-state index in [1.807, 2.05) is 73.5 Å². The Morgan fingerprint density at radius 1 is 1.15 bits per heavy atom. The molecule has 0 aromatic heterocycles. The van der Waals surface area contributed by atoms with Gasteiger partial charge in [0.2, 0.25) is 0 Å². The Balaban J connectivity index is 1.96. The smallest absolute Gasteiger partial charge is 0.173 e. The first-order chi connectivity index (χ1) is 12.5. The largest absolute Gasteiger partial charge is 0.489 e. The second kappa shape index (κ2) is 7.70. The fraction of sp³-hybridized carbons (Fsp3) is 0.238. The summed E-state index contributed by atoms with van der Waals surface area (Å²) in [5, 5.41) is 3.87. The van der Waals surface area contributed by atoms with Crippen molar-refractivity contribution in [3.05, 3.63) is 77.0 Å². The van der Waals surface area contributed by atoms with Gasteiger partial charge in [0, 0.05) is 23.9 Å². The average molecular weight is 366 g/mol. The highest BCUT2D eigenvalue weighted by Crippen LogP contribution is 2.35. The van der Waals surface area contributed by atoms with Crippen LogP contribution in [0.15, 0.2) is 65.9 Å². The number of para-hydroxylation sites is 1. The van der Waals surface area contributed by atoms with Crippen LogP contribution in [0.4, 0.5) is 0 Å². The van der Waals surface area contributed by atoms with E-state index in [0.29, 0.717) is 17.3 Å². The highest BCUT2D eigenvalue weighted by molar-refractivity contribution is 7.80. The van der Waals surface area contributed by atoms with E-state index in [-0.39, 0.29) is 11.8 Å². The number of Topliss-reactive ketones (excluding diaryl/α,β-unsaturated/α-hetero) is 1. The molecule has 4 nitrogen and oxygen atoms in total. The molecular weight excluding hydrogens is 344 g/mol. The first-order valence-electron chi connectivity index (χ1n) is 8.50. The molecule has 1 aliphatic rings. The summed E-state index contributed by atoms with van der Waals surface area (Å²) >= 11 is 5.44. The number of thiocarbonyl (C=S) groups is 1. The standard InChI is InChI=1S/C21H22N2O2S/c1-14-19(15(2)24)20(22-21(26)23(14)3)17-11-7-8-12-18(17)25-13-16-9-5-4-6-10-16/h4-12,20H,13H2,1-3H3,(H,22,26). The molecular formula is C21H22N2O2S. The molecule has 26 heavy (non-hydrogen) atoms. The van der Waals surface area contributed by atoms with Crippen LogP contribution in [-0.2, 0) is 11.4 Å². The number of rotatable bonds is 5. The van der Waals surface area contributed by atoms with Gasteiger partial charge in [-0.2, -0.15) is 0 Å². The highest BCUT2D eigenvalue weighted by Gasteiger charge is 2.32. The molecule has 1 atom stereocenters. The molecule has 0 spiro atoms. The van der Waals surface area contributed by atoms with Crippen LogP contribution in [0, 0.1) is 0 Å². The van der Waals surface area contributed by atoms with Gasteiger partial charge >= 0.3 is 0 Å². The van der Waals surface area contributed by atoms with Crippen molar-refractivity contribution in [1.29, 1.82) is 0 Å². The average Bonchev–Trinajstić information content (AvgIpc) is 2.65. The third-order valence-electron chi connectivity index (χ3n) is 4.60. The highest BCUT2D eigenvalue weighted by atomic mass is 32.1. The van der Waals surface area contributed by atoms with Crippen LogP contribution in [0.3, 0.4) is 0 Å². The lowest BCUT2D eigenvalue weighted by Crippen LogP contribution is -2.45. The van der Waals surface area contributed by atoms with Crippen LogP contribution in [0.25, 0.3) is 0 Å². The summed E-state index contributed by atoms with van der Waals surface area (Å²) < 4.78 is 6.07. The molecule has 0 amide bonds. The maximum Gasteiger partial charge on any atom is 0.173 e. The van der Waals surface area contributed by atoms with Crippen LogP contribution >= 0.6 is 12.2 Å². The minimum atomic E-state index is -0.317. The Bertz CT molecular complexity index is 861. The van der Waals surface area contributed by atoms with Crippen molar-refractivity contribution in [2.45, 2.75) is 26.5 Å². The number of hydrogen-bond acceptors (Lipinski definition) is 3. The molecule has 1 aliphatic heterocycles. The van der Waals surface area contributed by atoms with Gasteiger partial charge in [0.25, 0.3) is 0 Å². The molecule has 0 saturated carbocycles. The van der Waals surface area contributed by atoms with Gasteiger partial charge < -0.3 is 15.0 Å². The topological polar surface area (TPSA) is 41.6 Å². The van der Waals surface area contributed by atoms with Crippen molar-refractivity contribution in [3.63, 3.8) is 0 Å². The predicted octanol–water partition coefficient (Wildman–Crippen LogP) is 3.99. The molecule has 3 rings (SSSR count). The quantitative estimate of drug-likeness (QED) is 0.811. The van der Waals surface area contributed by atoms with E-state index in [2.05, 4.69) is 5.32 Å². The third kappa shape index (κ3) is 3.63. The summed E-state index contributed by atoms with van der Waals surface area (Å²) in [6, 6.07) is 17.5. The number of ether oxygens (including phenoxy) is 1. The molecule has 2 aromatic rings. The lowest BCUT2D eigenvalue weighted by Gasteiger charge is -2.36. The monoisotopic (exact) mass is 366 g/mol. The Morgan fingerprint density at radius 3 is 2.50 bits per heavy atom. The van der Waals surface area contributed by atoms with Crippen molar-refractivity contribution in [1.82, 2.24) is 10.2 Å². The van der Waals surface area contributed by atoms with E-state index in [1.54, 1.807) is 6.92 Å². The Kier molecular flexibility index (Phi) is 5.38. The lowest BCUT2D eigenvalue weighted by molar-refractivity contribution is -0.114. The lowest BCUT2D eigenvalue weighted by atomic mass is 9.92. The van der Waals surface area contributed by atoms with Crippen LogP contribution in [0.5, 0.6) is 5.75 Å². The van der Waals surface area contributed by atoms with E-state index in [0.717, 1.165) is 22.6 Å². The van der Waals surface area contributed by atoms with Gasteiger partial charge in [-0.25, -0.2) is 0 Å². The fourth-order valence-electron chi connectivity index (χ4n) is 3.11. The minimum absolute atomic E-state index is 0.0206. The summed E-state index contributed by atoms with van der Waals surface area (Å²) in [6.45, 7) is 3.97. The maximum atomic E-state index is 12.3. The first kappa shape index (κ1) is 18.1. The van der Waals surface area contributed by atoms with Crippen LogP contribution < -0.4 is 10.1 Å². The summed E-state index contributed by atoms with van der Waals surface area (Å²) in [5.41, 5.74) is 3.57. The number of hydrogen-bond donors (Lipinski definition) is 1. The predicted molar refractivity (Wildman–Crippen MR) is 107 cm³/mol. The summed E-state index contributed by atoms with van der Waals surface area (Å²) in [5.74, 6) is 0.764. The molecule has 1 N–H and O–H groups in total. The van der Waals surface area contributed by atoms with E-state index < -0.39 is 0 Å². The van der Waals surface area contributed by atoms with Gasteiger partial charge in [-0.1, -0.05) is 48.5 Å². The van der Waals surface area contributed by atoms with E-state index in [4.69, 9.17) is 17.0 Å². The molecule has 0 bridgehead atoms. The van der Waals surface area contributed by atoms with Gasteiger partial charge in [-0.3, -0.25) is 4.79 Å². The van der Waals surface area contributed by atoms with Crippen molar-refractivity contribution in [3.8, 4) is 5.75 Å². The number of allylic oxidation sites excluding steroid dienone is 1. The van der Waals surface area contributed by atoms with E-state index in [9.17, 15) is 4.79 Å². The van der Waals surface area contributed by atoms with Crippen LogP contribution in [0.1, 0.15) is 31.0 Å². The van der Waals surface area contributed by atoms with Gasteiger partial charge in [0.15, 0.2) is 10.9 Å². The number of benzene rings is 2. The molecule has 1 heterocycles. The molecule has 134 valence electrons. The van der Waals surface area contributed by atoms with Crippen LogP contribution in [0.2, 0.25) is 0 Å². The molecule has 0 fully saturated rings. The first-order valence-corrected chi connectivity index (χ1v) is 8.91. The molecule has 0 saturated heterocycles. The normalized spacial score (nSPS) is 17.1. The SMILES string of the molecule is CC(=O)C1=C(C)N(C)C(=S)NC1c1ccccc1OCc1ccccc1. The molecule has 1 unspecified atom stereocenters. The van der Waals surface area contributed by atoms with E-state index in [1.165, 1.54) is 0 Å². The number of carbonyl (C=O) groups is 1. The van der Waals surface area contributed by atoms with Gasteiger partial charge in [-0.05, 0) is 37.7 Å². The van der Waals surface area contributed by atoms with Gasteiger partial charge in [0.1, 0.15) is 12.4 Å². The molecule has 5 heteroatoms. The minimum Gasteiger partial charge on any atom is -0.489 e. The summed E-state index contributed by atoms with van der Waals surface area (Å²) in [4.78, 5) is 14.2. The van der Waals surface area contributed by atoms with E-state index >= 15 is 0 Å². The fourth-order valence-corrected chi connectivity index (χ4v) is 3.37. The zero-order chi connectivity index (χ0) is 18.7.